The van der Waals surface area contributed by atoms with Crippen LogP contribution in [-0.2, 0) is 4.79 Å². The smallest absolute Gasteiger partial charge is 0.264 e. The molecule has 0 spiro atoms. The summed E-state index contributed by atoms with van der Waals surface area (Å²) in [7, 11) is 0. The molecule has 7 heteroatoms. The molecule has 0 aliphatic heterocycles. The van der Waals surface area contributed by atoms with E-state index in [0.717, 1.165) is 0 Å². The van der Waals surface area contributed by atoms with E-state index in [-0.39, 0.29) is 18.3 Å². The van der Waals surface area contributed by atoms with Crippen LogP contribution in [-0.4, -0.2) is 17.5 Å². The second-order valence-electron chi connectivity index (χ2n) is 4.82. The van der Waals surface area contributed by atoms with Crippen LogP contribution >= 0.6 is 22.9 Å². The molecule has 1 amide bonds. The summed E-state index contributed by atoms with van der Waals surface area (Å²) in [5.74, 6) is -0.247. The topological polar surface area (TPSA) is 51.2 Å². The van der Waals surface area contributed by atoms with Crippen molar-refractivity contribution in [3.63, 3.8) is 0 Å². The van der Waals surface area contributed by atoms with Gasteiger partial charge >= 0.3 is 0 Å². The zero-order chi connectivity index (χ0) is 16.9. The van der Waals surface area contributed by atoms with Gasteiger partial charge < -0.3 is 4.74 Å². The summed E-state index contributed by atoms with van der Waals surface area (Å²) in [5.41, 5.74) is 1.25. The summed E-state index contributed by atoms with van der Waals surface area (Å²) >= 11 is 7.21. The van der Waals surface area contributed by atoms with Crippen LogP contribution in [0.3, 0.4) is 0 Å². The molecule has 0 aliphatic rings. The van der Waals surface area contributed by atoms with E-state index in [9.17, 15) is 9.18 Å². The van der Waals surface area contributed by atoms with Crippen molar-refractivity contribution in [3.05, 3.63) is 64.8 Å². The second-order valence-corrected chi connectivity index (χ2v) is 6.08. The van der Waals surface area contributed by atoms with E-state index < -0.39 is 0 Å². The molecule has 1 aromatic heterocycles. The lowest BCUT2D eigenvalue weighted by molar-refractivity contribution is -0.118. The number of carbonyl (C=O) groups excluding carboxylic acids is 1. The van der Waals surface area contributed by atoms with Crippen LogP contribution in [0.25, 0.3) is 11.3 Å². The molecule has 1 N–H and O–H groups in total. The Morgan fingerprint density at radius 3 is 2.88 bits per heavy atom. The van der Waals surface area contributed by atoms with Crippen LogP contribution in [0.15, 0.2) is 53.9 Å². The molecule has 0 bridgehead atoms. The van der Waals surface area contributed by atoms with E-state index in [2.05, 4.69) is 10.3 Å². The number of ether oxygens (including phenoxy) is 1. The molecule has 0 saturated heterocycles. The molecule has 0 aliphatic carbocycles. The van der Waals surface area contributed by atoms with E-state index in [1.54, 1.807) is 41.8 Å². The number of rotatable bonds is 5. The average Bonchev–Trinajstić information content (AvgIpc) is 3.02. The fourth-order valence-electron chi connectivity index (χ4n) is 1.97. The van der Waals surface area contributed by atoms with Gasteiger partial charge in [-0.05, 0) is 24.3 Å². The first kappa shape index (κ1) is 16.4. The Balaban J connectivity index is 1.60. The zero-order valence-corrected chi connectivity index (χ0v) is 13.9. The molecule has 0 saturated carbocycles. The molecule has 0 radical (unpaired) electrons. The first-order valence-corrected chi connectivity index (χ1v) is 8.26. The number of nitrogens with zero attached hydrogens (tertiary/aromatic N) is 1. The predicted octanol–water partition coefficient (Wildman–Crippen LogP) is 4.62. The number of thiazole rings is 1. The van der Waals surface area contributed by atoms with Gasteiger partial charge in [-0.15, -0.1) is 11.3 Å². The molecule has 1 heterocycles. The molecule has 122 valence electrons. The maximum Gasteiger partial charge on any atom is 0.264 e. The predicted molar refractivity (Wildman–Crippen MR) is 93.1 cm³/mol. The second kappa shape index (κ2) is 7.42. The molecule has 3 aromatic rings. The number of carbonyl (C=O) groups is 1. The number of para-hydroxylation sites is 1. The number of nitrogens with one attached hydrogen (secondary N) is 1. The maximum absolute atomic E-state index is 13.2. The number of hydrogen-bond acceptors (Lipinski definition) is 4. The van der Waals surface area contributed by atoms with Crippen LogP contribution in [0.2, 0.25) is 5.02 Å². The van der Waals surface area contributed by atoms with Crippen molar-refractivity contribution < 1.29 is 13.9 Å². The molecular weight excluding hydrogens is 351 g/mol. The molecule has 3 rings (SSSR count). The normalized spacial score (nSPS) is 10.4. The number of amides is 1. The molecule has 0 unspecified atom stereocenters. The van der Waals surface area contributed by atoms with Gasteiger partial charge in [0, 0.05) is 10.9 Å². The summed E-state index contributed by atoms with van der Waals surface area (Å²) in [5, 5.41) is 5.25. The Labute approximate surface area is 146 Å². The maximum atomic E-state index is 13.2. The van der Waals surface area contributed by atoms with Crippen molar-refractivity contribution in [2.45, 2.75) is 0 Å². The highest BCUT2D eigenvalue weighted by Crippen LogP contribution is 2.26. The van der Waals surface area contributed by atoms with Gasteiger partial charge in [0.1, 0.15) is 11.6 Å². The van der Waals surface area contributed by atoms with Crippen LogP contribution in [0.1, 0.15) is 0 Å². The van der Waals surface area contributed by atoms with Crippen molar-refractivity contribution in [1.29, 1.82) is 0 Å². The van der Waals surface area contributed by atoms with E-state index >= 15 is 0 Å². The number of anilines is 1. The standard InChI is InChI=1S/C17H12ClFN2O2S/c18-13-6-1-2-7-15(13)23-9-16(22)21-17-20-14(10-24-17)11-4-3-5-12(19)8-11/h1-8,10H,9H2,(H,20,21,22). The van der Waals surface area contributed by atoms with Crippen LogP contribution in [0, 0.1) is 5.82 Å². The monoisotopic (exact) mass is 362 g/mol. The van der Waals surface area contributed by atoms with Gasteiger partial charge in [-0.2, -0.15) is 0 Å². The van der Waals surface area contributed by atoms with Gasteiger partial charge in [0.05, 0.1) is 10.7 Å². The molecule has 24 heavy (non-hydrogen) atoms. The van der Waals surface area contributed by atoms with Gasteiger partial charge in [0.15, 0.2) is 11.7 Å². The summed E-state index contributed by atoms with van der Waals surface area (Å²) in [6.45, 7) is -0.182. The fourth-order valence-corrected chi connectivity index (χ4v) is 2.90. The summed E-state index contributed by atoms with van der Waals surface area (Å²) in [4.78, 5) is 16.2. The van der Waals surface area contributed by atoms with Crippen molar-refractivity contribution >= 4 is 34.0 Å². The minimum Gasteiger partial charge on any atom is -0.482 e. The number of benzene rings is 2. The van der Waals surface area contributed by atoms with E-state index in [0.29, 0.717) is 27.2 Å². The third kappa shape index (κ3) is 4.10. The number of aromatic nitrogens is 1. The quantitative estimate of drug-likeness (QED) is 0.720. The zero-order valence-electron chi connectivity index (χ0n) is 12.3. The van der Waals surface area contributed by atoms with Crippen LogP contribution < -0.4 is 10.1 Å². The van der Waals surface area contributed by atoms with Gasteiger partial charge in [-0.3, -0.25) is 10.1 Å². The minimum atomic E-state index is -0.352. The van der Waals surface area contributed by atoms with Crippen LogP contribution in [0.5, 0.6) is 5.75 Å². The molecule has 2 aromatic carbocycles. The third-order valence-electron chi connectivity index (χ3n) is 3.07. The van der Waals surface area contributed by atoms with Gasteiger partial charge in [-0.25, -0.2) is 9.37 Å². The highest BCUT2D eigenvalue weighted by molar-refractivity contribution is 7.14. The van der Waals surface area contributed by atoms with Crippen molar-refractivity contribution in [3.8, 4) is 17.0 Å². The van der Waals surface area contributed by atoms with Gasteiger partial charge in [0.25, 0.3) is 5.91 Å². The Hall–Kier alpha value is -2.44. The minimum absolute atomic E-state index is 0.182. The lowest BCUT2D eigenvalue weighted by Gasteiger charge is -2.07. The first-order chi connectivity index (χ1) is 11.6. The Bertz CT molecular complexity index is 869. The number of hydrogen-bond donors (Lipinski definition) is 1. The highest BCUT2D eigenvalue weighted by Gasteiger charge is 2.10. The highest BCUT2D eigenvalue weighted by atomic mass is 35.5. The summed E-state index contributed by atoms with van der Waals surface area (Å²) < 4.78 is 18.6. The summed E-state index contributed by atoms with van der Waals surface area (Å²) in [6, 6.07) is 13.0. The SMILES string of the molecule is O=C(COc1ccccc1Cl)Nc1nc(-c2cccc(F)c2)cs1. The van der Waals surface area contributed by atoms with Crippen molar-refractivity contribution in [2.75, 3.05) is 11.9 Å². The molecule has 0 atom stereocenters. The van der Waals surface area contributed by atoms with Crippen molar-refractivity contribution in [1.82, 2.24) is 4.98 Å². The lowest BCUT2D eigenvalue weighted by Crippen LogP contribution is -2.20. The largest absolute Gasteiger partial charge is 0.482 e. The Kier molecular flexibility index (Phi) is 5.08. The average molecular weight is 363 g/mol. The Morgan fingerprint density at radius 2 is 2.08 bits per heavy atom. The van der Waals surface area contributed by atoms with Crippen molar-refractivity contribution in [2.24, 2.45) is 0 Å². The fraction of sp³-hybridized carbons (Fsp3) is 0.0588. The Morgan fingerprint density at radius 1 is 1.25 bits per heavy atom. The van der Waals surface area contributed by atoms with E-state index in [1.165, 1.54) is 23.5 Å². The van der Waals surface area contributed by atoms with Gasteiger partial charge in [0.2, 0.25) is 0 Å². The molecule has 0 fully saturated rings. The molecule has 4 nitrogen and oxygen atoms in total. The first-order valence-electron chi connectivity index (χ1n) is 7.00. The molecular formula is C17H12ClFN2O2S. The third-order valence-corrected chi connectivity index (χ3v) is 4.14. The van der Waals surface area contributed by atoms with Gasteiger partial charge in [-0.1, -0.05) is 35.9 Å². The van der Waals surface area contributed by atoms with Crippen LogP contribution in [0.4, 0.5) is 9.52 Å². The van der Waals surface area contributed by atoms with E-state index in [4.69, 9.17) is 16.3 Å². The summed E-state index contributed by atoms with van der Waals surface area (Å²) in [6.07, 6.45) is 0. The van der Waals surface area contributed by atoms with E-state index in [1.807, 2.05) is 0 Å². The lowest BCUT2D eigenvalue weighted by atomic mass is 10.2. The number of halogens is 2.